The third-order valence-corrected chi connectivity index (χ3v) is 5.89. The lowest BCUT2D eigenvalue weighted by Gasteiger charge is -2.31. The molecule has 2 aromatic rings. The molecule has 1 aromatic heterocycles. The van der Waals surface area contributed by atoms with Gasteiger partial charge in [0.25, 0.3) is 11.5 Å². The molecule has 5 rings (SSSR count). The summed E-state index contributed by atoms with van der Waals surface area (Å²) in [5.41, 5.74) is -1.85. The van der Waals surface area contributed by atoms with Crippen molar-refractivity contribution in [2.45, 2.75) is 32.1 Å². The maximum atomic E-state index is 13.8. The third kappa shape index (κ3) is 2.23. The van der Waals surface area contributed by atoms with E-state index in [0.717, 1.165) is 6.07 Å². The van der Waals surface area contributed by atoms with Crippen molar-refractivity contribution >= 4 is 28.9 Å². The Bertz CT molecular complexity index is 1290. The van der Waals surface area contributed by atoms with Gasteiger partial charge in [-0.25, -0.2) is 9.18 Å². The van der Waals surface area contributed by atoms with Crippen molar-refractivity contribution in [3.63, 3.8) is 0 Å². The quantitative estimate of drug-likeness (QED) is 0.540. The number of anilines is 1. The van der Waals surface area contributed by atoms with Gasteiger partial charge >= 0.3 is 5.97 Å². The zero-order valence-corrected chi connectivity index (χ0v) is 15.7. The van der Waals surface area contributed by atoms with E-state index in [1.807, 2.05) is 0 Å². The summed E-state index contributed by atoms with van der Waals surface area (Å²) in [6.07, 6.45) is -0.0427. The summed E-state index contributed by atoms with van der Waals surface area (Å²) in [5.74, 6) is -2.60. The molecule has 0 saturated heterocycles. The Hall–Kier alpha value is -3.59. The van der Waals surface area contributed by atoms with Crippen LogP contribution < -0.4 is 10.9 Å². The molecule has 3 aliphatic rings. The number of halogens is 1. The molecule has 30 heavy (non-hydrogen) atoms. The number of carbonyl (C=O) groups is 3. The number of aromatic nitrogens is 1. The maximum Gasteiger partial charge on any atom is 0.343 e. The number of rotatable bonds is 1. The molecule has 9 heteroatoms. The summed E-state index contributed by atoms with van der Waals surface area (Å²) in [6, 6.07) is 5.06. The Morgan fingerprint density at radius 1 is 1.23 bits per heavy atom. The van der Waals surface area contributed by atoms with E-state index >= 15 is 0 Å². The first-order valence-corrected chi connectivity index (χ1v) is 9.32. The van der Waals surface area contributed by atoms with E-state index in [-0.39, 0.29) is 53.1 Å². The second-order valence-corrected chi connectivity index (χ2v) is 7.43. The second kappa shape index (κ2) is 5.96. The summed E-state index contributed by atoms with van der Waals surface area (Å²) in [5, 5.41) is 13.4. The van der Waals surface area contributed by atoms with Gasteiger partial charge in [-0.05, 0) is 30.7 Å². The summed E-state index contributed by atoms with van der Waals surface area (Å²) in [4.78, 5) is 50.8. The Morgan fingerprint density at radius 3 is 2.73 bits per heavy atom. The maximum absolute atomic E-state index is 13.8. The van der Waals surface area contributed by atoms with E-state index < -0.39 is 34.6 Å². The van der Waals surface area contributed by atoms with Gasteiger partial charge in [-0.3, -0.25) is 14.4 Å². The van der Waals surface area contributed by atoms with Crippen LogP contribution in [0.5, 0.6) is 0 Å². The Balaban J connectivity index is 1.73. The van der Waals surface area contributed by atoms with Gasteiger partial charge in [0, 0.05) is 22.4 Å². The second-order valence-electron chi connectivity index (χ2n) is 7.43. The molecule has 8 nitrogen and oxygen atoms in total. The standard InChI is InChI=1S/C21H15FN2O6/c1-2-21(29)13-6-15-17(25)11(7-24(15)19(27)12(13)8-30-20(21)28)16-10-5-9(22)3-4-14(10)23-18(16)26/h3-6,29H,2,7-8H2,1H3,(H,23,26)/b16-11-/t21-/m1/s1. The van der Waals surface area contributed by atoms with Gasteiger partial charge < -0.3 is 19.7 Å². The van der Waals surface area contributed by atoms with Crippen molar-refractivity contribution in [2.75, 3.05) is 5.32 Å². The van der Waals surface area contributed by atoms with E-state index in [0.29, 0.717) is 5.69 Å². The minimum Gasteiger partial charge on any atom is -0.458 e. The summed E-state index contributed by atoms with van der Waals surface area (Å²) >= 11 is 0. The van der Waals surface area contributed by atoms with Gasteiger partial charge in [-0.2, -0.15) is 0 Å². The SMILES string of the molecule is CC[C@]1(O)C(=O)OCc2c1cc1n(c2=O)C/C(=C2/C(=O)Nc3ccc(F)cc32)C1=O. The number of Topliss-reactive ketones (excluding diaryl/α,β-unsaturated/α-hetero) is 1. The fourth-order valence-corrected chi connectivity index (χ4v) is 4.26. The number of esters is 1. The Morgan fingerprint density at radius 2 is 2.00 bits per heavy atom. The number of pyridine rings is 1. The molecule has 0 saturated carbocycles. The number of hydrogen-bond donors (Lipinski definition) is 2. The first-order chi connectivity index (χ1) is 14.3. The summed E-state index contributed by atoms with van der Waals surface area (Å²) < 4.78 is 19.9. The van der Waals surface area contributed by atoms with Crippen LogP contribution >= 0.6 is 0 Å². The molecule has 4 heterocycles. The lowest BCUT2D eigenvalue weighted by molar-refractivity contribution is -0.172. The van der Waals surface area contributed by atoms with Crippen LogP contribution in [0.3, 0.4) is 0 Å². The molecule has 2 N–H and O–H groups in total. The predicted molar refractivity (Wildman–Crippen MR) is 101 cm³/mol. The van der Waals surface area contributed by atoms with Gasteiger partial charge in [0.05, 0.1) is 23.4 Å². The van der Waals surface area contributed by atoms with Crippen LogP contribution in [-0.4, -0.2) is 27.3 Å². The van der Waals surface area contributed by atoms with E-state index in [2.05, 4.69) is 5.32 Å². The molecular weight excluding hydrogens is 395 g/mol. The number of nitrogens with one attached hydrogen (secondary N) is 1. The highest BCUT2D eigenvalue weighted by atomic mass is 19.1. The highest BCUT2D eigenvalue weighted by Gasteiger charge is 2.46. The van der Waals surface area contributed by atoms with Crippen molar-refractivity contribution in [1.29, 1.82) is 0 Å². The zero-order chi connectivity index (χ0) is 21.4. The monoisotopic (exact) mass is 410 g/mol. The molecule has 0 radical (unpaired) electrons. The lowest BCUT2D eigenvalue weighted by Crippen LogP contribution is -2.44. The lowest BCUT2D eigenvalue weighted by atomic mass is 9.86. The zero-order valence-electron chi connectivity index (χ0n) is 15.7. The van der Waals surface area contributed by atoms with Crippen LogP contribution in [0, 0.1) is 5.82 Å². The molecule has 152 valence electrons. The van der Waals surface area contributed by atoms with Gasteiger partial charge in [-0.1, -0.05) is 6.92 Å². The van der Waals surface area contributed by atoms with Gasteiger partial charge in [0.1, 0.15) is 12.4 Å². The number of benzene rings is 1. The topological polar surface area (TPSA) is 115 Å². The number of carbonyl (C=O) groups excluding carboxylic acids is 3. The fourth-order valence-electron chi connectivity index (χ4n) is 4.26. The summed E-state index contributed by atoms with van der Waals surface area (Å²) in [7, 11) is 0. The minimum atomic E-state index is -2.03. The number of ketones is 1. The predicted octanol–water partition coefficient (Wildman–Crippen LogP) is 1.24. The average Bonchev–Trinajstić information content (AvgIpc) is 3.21. The van der Waals surface area contributed by atoms with Crippen LogP contribution in [0.4, 0.5) is 10.1 Å². The van der Waals surface area contributed by atoms with Crippen LogP contribution in [0.25, 0.3) is 5.57 Å². The molecule has 3 aliphatic heterocycles. The number of cyclic esters (lactones) is 1. The molecule has 0 unspecified atom stereocenters. The van der Waals surface area contributed by atoms with Crippen molar-refractivity contribution in [2.24, 2.45) is 0 Å². The molecule has 0 aliphatic carbocycles. The van der Waals surface area contributed by atoms with Gasteiger partial charge in [0.2, 0.25) is 5.78 Å². The molecular formula is C21H15FN2O6. The number of aliphatic hydroxyl groups is 1. The van der Waals surface area contributed by atoms with Crippen molar-refractivity contribution in [3.05, 3.63) is 68.4 Å². The molecule has 0 fully saturated rings. The largest absolute Gasteiger partial charge is 0.458 e. The van der Waals surface area contributed by atoms with Crippen LogP contribution in [0.1, 0.15) is 40.5 Å². The van der Waals surface area contributed by atoms with E-state index in [9.17, 15) is 28.7 Å². The van der Waals surface area contributed by atoms with Crippen molar-refractivity contribution < 1.29 is 28.6 Å². The van der Waals surface area contributed by atoms with Crippen LogP contribution in [0.2, 0.25) is 0 Å². The van der Waals surface area contributed by atoms with Gasteiger partial charge in [-0.15, -0.1) is 0 Å². The third-order valence-electron chi connectivity index (χ3n) is 5.89. The first-order valence-electron chi connectivity index (χ1n) is 9.32. The number of fused-ring (bicyclic) bond motifs is 3. The van der Waals surface area contributed by atoms with E-state index in [1.165, 1.54) is 22.8 Å². The van der Waals surface area contributed by atoms with Crippen LogP contribution in [-0.2, 0) is 33.1 Å². The molecule has 1 aromatic carbocycles. The van der Waals surface area contributed by atoms with Crippen molar-refractivity contribution in [1.82, 2.24) is 4.57 Å². The highest BCUT2D eigenvalue weighted by molar-refractivity contribution is 6.37. The smallest absolute Gasteiger partial charge is 0.343 e. The molecule has 0 bridgehead atoms. The first kappa shape index (κ1) is 18.4. The Kier molecular flexibility index (Phi) is 3.66. The number of allylic oxidation sites excluding steroid dienone is 1. The molecule has 1 amide bonds. The van der Waals surface area contributed by atoms with Gasteiger partial charge in [0.15, 0.2) is 5.60 Å². The number of nitrogens with zero attached hydrogens (tertiary/aromatic N) is 1. The Labute approximate surface area is 168 Å². The molecule has 0 spiro atoms. The van der Waals surface area contributed by atoms with Crippen LogP contribution in [0.15, 0.2) is 34.6 Å². The number of hydrogen-bond acceptors (Lipinski definition) is 6. The molecule has 1 atom stereocenters. The summed E-state index contributed by atoms with van der Waals surface area (Å²) in [6.45, 7) is 1.06. The minimum absolute atomic E-state index is 0.00801. The van der Waals surface area contributed by atoms with E-state index in [1.54, 1.807) is 6.92 Å². The number of amides is 1. The highest BCUT2D eigenvalue weighted by Crippen LogP contribution is 2.39. The normalized spacial score (nSPS) is 24.3. The average molecular weight is 410 g/mol. The van der Waals surface area contributed by atoms with E-state index in [4.69, 9.17) is 4.74 Å². The van der Waals surface area contributed by atoms with Crippen molar-refractivity contribution in [3.8, 4) is 0 Å². The number of ether oxygens (including phenoxy) is 1. The fraction of sp³-hybridized carbons (Fsp3) is 0.238.